The topological polar surface area (TPSA) is 42.9 Å². The molecule has 0 amide bonds. The summed E-state index contributed by atoms with van der Waals surface area (Å²) < 4.78 is 0. The van der Waals surface area contributed by atoms with Gasteiger partial charge in [-0.25, -0.2) is 0 Å². The normalized spacial score (nSPS) is 15.2. The quantitative estimate of drug-likeness (QED) is 0.257. The maximum absolute atomic E-state index is 4.32. The molecule has 1 aromatic carbocycles. The minimum absolute atomic E-state index is 0. The van der Waals surface area contributed by atoms with E-state index in [4.69, 9.17) is 0 Å². The van der Waals surface area contributed by atoms with Crippen LogP contribution in [0.15, 0.2) is 47.5 Å². The van der Waals surface area contributed by atoms with E-state index in [0.29, 0.717) is 0 Å². The van der Waals surface area contributed by atoms with E-state index < -0.39 is 0 Å². The predicted molar refractivity (Wildman–Crippen MR) is 132 cm³/mol. The molecule has 2 heterocycles. The smallest absolute Gasteiger partial charge is 0.191 e. The van der Waals surface area contributed by atoms with Crippen LogP contribution in [0.3, 0.4) is 0 Å². The van der Waals surface area contributed by atoms with Gasteiger partial charge in [-0.15, -0.1) is 35.3 Å². The number of thiophene rings is 1. The number of piperazine rings is 1. The fourth-order valence-corrected chi connectivity index (χ4v) is 4.18. The minimum atomic E-state index is 0. The van der Waals surface area contributed by atoms with Gasteiger partial charge in [0.1, 0.15) is 0 Å². The van der Waals surface area contributed by atoms with Gasteiger partial charge in [0.15, 0.2) is 5.96 Å². The Kier molecular flexibility index (Phi) is 10.1. The summed E-state index contributed by atoms with van der Waals surface area (Å²) in [5, 5.41) is 6.82. The van der Waals surface area contributed by atoms with Crippen molar-refractivity contribution in [2.75, 3.05) is 51.2 Å². The number of nitrogens with zero attached hydrogens (tertiary/aromatic N) is 3. The highest BCUT2D eigenvalue weighted by molar-refractivity contribution is 14.0. The number of aryl methyl sites for hydroxylation is 1. The van der Waals surface area contributed by atoms with Crippen LogP contribution in [0.1, 0.15) is 16.2 Å². The lowest BCUT2D eigenvalue weighted by Gasteiger charge is -2.36. The van der Waals surface area contributed by atoms with Crippen molar-refractivity contribution >= 4 is 47.0 Å². The van der Waals surface area contributed by atoms with Gasteiger partial charge in [0.05, 0.1) is 6.54 Å². The number of guanidine groups is 1. The van der Waals surface area contributed by atoms with Crippen LogP contribution in [0.5, 0.6) is 0 Å². The number of anilines is 1. The summed E-state index contributed by atoms with van der Waals surface area (Å²) >= 11 is 1.83. The lowest BCUT2D eigenvalue weighted by molar-refractivity contribution is 0.255. The summed E-state index contributed by atoms with van der Waals surface area (Å²) in [6, 6.07) is 15.1. The molecule has 5 nitrogen and oxygen atoms in total. The van der Waals surface area contributed by atoms with Gasteiger partial charge >= 0.3 is 0 Å². The first-order chi connectivity index (χ1) is 13.2. The Morgan fingerprint density at radius 2 is 1.79 bits per heavy atom. The maximum Gasteiger partial charge on any atom is 0.191 e. The maximum atomic E-state index is 4.32. The van der Waals surface area contributed by atoms with E-state index in [1.165, 1.54) is 15.4 Å². The van der Waals surface area contributed by atoms with Crippen molar-refractivity contribution in [1.82, 2.24) is 15.5 Å². The van der Waals surface area contributed by atoms with Crippen molar-refractivity contribution in [2.24, 2.45) is 4.99 Å². The van der Waals surface area contributed by atoms with E-state index in [1.54, 1.807) is 0 Å². The third-order valence-corrected chi connectivity index (χ3v) is 5.89. The number of nitrogens with one attached hydrogen (secondary N) is 2. The summed E-state index contributed by atoms with van der Waals surface area (Å²) in [5.74, 6) is 0.884. The lowest BCUT2D eigenvalue weighted by atomic mass is 10.2. The number of para-hydroxylation sites is 1. The summed E-state index contributed by atoms with van der Waals surface area (Å²) in [5.41, 5.74) is 1.34. The molecule has 0 aliphatic carbocycles. The van der Waals surface area contributed by atoms with Crippen molar-refractivity contribution in [1.29, 1.82) is 0 Å². The highest BCUT2D eigenvalue weighted by Crippen LogP contribution is 2.16. The highest BCUT2D eigenvalue weighted by atomic mass is 127. The van der Waals surface area contributed by atoms with E-state index in [-0.39, 0.29) is 24.0 Å². The van der Waals surface area contributed by atoms with Crippen LogP contribution >= 0.6 is 35.3 Å². The molecule has 0 bridgehead atoms. The van der Waals surface area contributed by atoms with E-state index >= 15 is 0 Å². The number of benzene rings is 1. The molecule has 0 radical (unpaired) electrons. The zero-order valence-corrected chi connectivity index (χ0v) is 20.0. The van der Waals surface area contributed by atoms with Gasteiger partial charge in [0, 0.05) is 55.2 Å². The number of hydrogen-bond acceptors (Lipinski definition) is 4. The van der Waals surface area contributed by atoms with Gasteiger partial charge in [-0.1, -0.05) is 18.2 Å². The first-order valence-corrected chi connectivity index (χ1v) is 10.6. The van der Waals surface area contributed by atoms with Crippen LogP contribution in [0.4, 0.5) is 5.69 Å². The van der Waals surface area contributed by atoms with Gasteiger partial charge in [-0.2, -0.15) is 0 Å². The van der Waals surface area contributed by atoms with Crippen molar-refractivity contribution in [3.8, 4) is 0 Å². The zero-order chi connectivity index (χ0) is 18.9. The number of hydrogen-bond donors (Lipinski definition) is 2. The van der Waals surface area contributed by atoms with E-state index in [9.17, 15) is 0 Å². The van der Waals surface area contributed by atoms with Gasteiger partial charge in [0.2, 0.25) is 0 Å². The summed E-state index contributed by atoms with van der Waals surface area (Å²) in [6.07, 6.45) is 1.13. The first-order valence-electron chi connectivity index (χ1n) is 9.77. The summed E-state index contributed by atoms with van der Waals surface area (Å²) in [4.78, 5) is 12.0. The highest BCUT2D eigenvalue weighted by Gasteiger charge is 2.16. The fraction of sp³-hybridized carbons (Fsp3) is 0.476. The molecule has 1 aromatic heterocycles. The third kappa shape index (κ3) is 7.25. The number of rotatable bonds is 7. The Bertz CT molecular complexity index is 711. The van der Waals surface area contributed by atoms with Crippen LogP contribution in [-0.4, -0.2) is 57.2 Å². The van der Waals surface area contributed by atoms with Crippen molar-refractivity contribution in [3.05, 3.63) is 52.2 Å². The molecule has 154 valence electrons. The Morgan fingerprint density at radius 3 is 2.43 bits per heavy atom. The van der Waals surface area contributed by atoms with Crippen molar-refractivity contribution in [2.45, 2.75) is 19.9 Å². The van der Waals surface area contributed by atoms with E-state index in [2.05, 4.69) is 74.8 Å². The molecule has 1 fully saturated rings. The van der Waals surface area contributed by atoms with Crippen LogP contribution < -0.4 is 15.5 Å². The fourth-order valence-electron chi connectivity index (χ4n) is 3.35. The standard InChI is InChI=1S/C21H31N5S.HI/c1-18-9-10-20(27-18)17-24-21(22-2)23-11-6-12-25-13-15-26(16-14-25)19-7-4-3-5-8-19;/h3-5,7-10H,6,11-17H2,1-2H3,(H2,22,23,24);1H. The van der Waals surface area contributed by atoms with Gasteiger partial charge in [-0.3, -0.25) is 9.89 Å². The first kappa shape index (κ1) is 23.0. The largest absolute Gasteiger partial charge is 0.369 e. The predicted octanol–water partition coefficient (Wildman–Crippen LogP) is 3.55. The molecule has 1 saturated heterocycles. The minimum Gasteiger partial charge on any atom is -0.369 e. The second kappa shape index (κ2) is 12.3. The van der Waals surface area contributed by atoms with E-state index in [1.807, 2.05) is 18.4 Å². The lowest BCUT2D eigenvalue weighted by Crippen LogP contribution is -2.47. The molecule has 0 unspecified atom stereocenters. The molecule has 1 aliphatic heterocycles. The molecular formula is C21H32IN5S. The SMILES string of the molecule is CN=C(NCCCN1CCN(c2ccccc2)CC1)NCc1ccc(C)s1.I. The molecule has 3 rings (SSSR count). The van der Waals surface area contributed by atoms with Crippen molar-refractivity contribution < 1.29 is 0 Å². The molecule has 2 N–H and O–H groups in total. The Hall–Kier alpha value is -1.32. The van der Waals surface area contributed by atoms with Crippen molar-refractivity contribution in [3.63, 3.8) is 0 Å². The van der Waals surface area contributed by atoms with Crippen LogP contribution in [-0.2, 0) is 6.54 Å². The number of halogens is 1. The Balaban J connectivity index is 0.00000280. The molecule has 28 heavy (non-hydrogen) atoms. The van der Waals surface area contributed by atoms with Gasteiger partial charge in [0.25, 0.3) is 0 Å². The summed E-state index contributed by atoms with van der Waals surface area (Å²) in [7, 11) is 1.83. The second-order valence-corrected chi connectivity index (χ2v) is 8.26. The molecule has 0 atom stereocenters. The Labute approximate surface area is 190 Å². The van der Waals surface area contributed by atoms with Gasteiger partial charge < -0.3 is 15.5 Å². The molecule has 2 aromatic rings. The number of aliphatic imine (C=N–C) groups is 1. The van der Waals surface area contributed by atoms with Gasteiger partial charge in [-0.05, 0) is 44.2 Å². The average molecular weight is 513 g/mol. The molecule has 1 aliphatic rings. The molecule has 7 heteroatoms. The molecular weight excluding hydrogens is 481 g/mol. The third-order valence-electron chi connectivity index (χ3n) is 4.89. The zero-order valence-electron chi connectivity index (χ0n) is 16.9. The van der Waals surface area contributed by atoms with Crippen LogP contribution in [0, 0.1) is 6.92 Å². The Morgan fingerprint density at radius 1 is 1.04 bits per heavy atom. The van der Waals surface area contributed by atoms with E-state index in [0.717, 1.165) is 58.2 Å². The molecule has 0 spiro atoms. The van der Waals surface area contributed by atoms with Crippen LogP contribution in [0.2, 0.25) is 0 Å². The summed E-state index contributed by atoms with van der Waals surface area (Å²) in [6.45, 7) is 9.56. The second-order valence-electron chi connectivity index (χ2n) is 6.88. The average Bonchev–Trinajstić information content (AvgIpc) is 3.14. The monoisotopic (exact) mass is 513 g/mol. The molecule has 0 saturated carbocycles. The van der Waals surface area contributed by atoms with Crippen LogP contribution in [0.25, 0.3) is 0 Å².